The number of anilines is 1. The number of halogens is 1. The number of nitrogens with zero attached hydrogens (tertiary/aromatic N) is 3. The first-order valence-electron chi connectivity index (χ1n) is 10.3. The summed E-state index contributed by atoms with van der Waals surface area (Å²) < 4.78 is 6.32. The van der Waals surface area contributed by atoms with Gasteiger partial charge in [0.15, 0.2) is 5.69 Å². The average Bonchev–Trinajstić information content (AvgIpc) is 3.22. The molecule has 1 atom stereocenters. The Hall–Kier alpha value is -3.65. The van der Waals surface area contributed by atoms with Gasteiger partial charge in [-0.05, 0) is 43.2 Å². The van der Waals surface area contributed by atoms with E-state index in [4.69, 9.17) is 16.3 Å². The minimum Gasteiger partial charge on any atom is -0.464 e. The topological polar surface area (TPSA) is 93.5 Å². The summed E-state index contributed by atoms with van der Waals surface area (Å²) in [5, 5.41) is 3.46. The van der Waals surface area contributed by atoms with Crippen molar-refractivity contribution >= 4 is 35.1 Å². The zero-order valence-corrected chi connectivity index (χ0v) is 19.2. The molecule has 1 aliphatic heterocycles. The van der Waals surface area contributed by atoms with Crippen LogP contribution < -0.4 is 10.2 Å². The Morgan fingerprint density at radius 2 is 1.94 bits per heavy atom. The van der Waals surface area contributed by atoms with Crippen molar-refractivity contribution in [2.75, 3.05) is 12.0 Å². The summed E-state index contributed by atoms with van der Waals surface area (Å²) in [7, 11) is 1.23. The molecular weight excluding hydrogens is 444 g/mol. The highest BCUT2D eigenvalue weighted by Gasteiger charge is 2.50. The first-order chi connectivity index (χ1) is 15.8. The molecule has 33 heavy (non-hydrogen) atoms. The number of imidazole rings is 1. The molecule has 2 amide bonds. The Labute approximate surface area is 196 Å². The predicted octanol–water partition coefficient (Wildman–Crippen LogP) is 3.37. The van der Waals surface area contributed by atoms with Gasteiger partial charge in [-0.3, -0.25) is 14.5 Å². The summed E-state index contributed by atoms with van der Waals surface area (Å²) in [5.74, 6) is -1.59. The van der Waals surface area contributed by atoms with E-state index in [0.717, 1.165) is 5.56 Å². The monoisotopic (exact) mass is 466 g/mol. The van der Waals surface area contributed by atoms with E-state index in [1.165, 1.54) is 22.9 Å². The van der Waals surface area contributed by atoms with Crippen molar-refractivity contribution in [3.05, 3.63) is 82.4 Å². The number of ether oxygens (including phenoxy) is 1. The van der Waals surface area contributed by atoms with Gasteiger partial charge in [0.1, 0.15) is 11.2 Å². The molecule has 2 aromatic carbocycles. The van der Waals surface area contributed by atoms with Gasteiger partial charge in [-0.2, -0.15) is 0 Å². The van der Waals surface area contributed by atoms with Crippen LogP contribution in [0.5, 0.6) is 0 Å². The molecule has 0 fully saturated rings. The molecule has 1 unspecified atom stereocenters. The lowest BCUT2D eigenvalue weighted by molar-refractivity contribution is -0.126. The summed E-state index contributed by atoms with van der Waals surface area (Å²) in [6.45, 7) is 3.91. The highest BCUT2D eigenvalue weighted by atomic mass is 35.5. The molecule has 1 aliphatic rings. The van der Waals surface area contributed by atoms with Gasteiger partial charge in [-0.15, -0.1) is 0 Å². The average molecular weight is 467 g/mol. The zero-order chi connectivity index (χ0) is 23.8. The van der Waals surface area contributed by atoms with Crippen LogP contribution in [-0.2, 0) is 22.6 Å². The number of hydrogen-bond donors (Lipinski definition) is 1. The highest BCUT2D eigenvalue weighted by molar-refractivity contribution is 6.30. The number of hydrogen-bond acceptors (Lipinski definition) is 5. The summed E-state index contributed by atoms with van der Waals surface area (Å²) in [6, 6.07) is 14.6. The minimum atomic E-state index is -1.30. The lowest BCUT2D eigenvalue weighted by atomic mass is 9.92. The van der Waals surface area contributed by atoms with Crippen LogP contribution in [0.15, 0.2) is 54.9 Å². The molecule has 1 aromatic heterocycles. The fourth-order valence-corrected chi connectivity index (χ4v) is 4.32. The Balaban J connectivity index is 1.79. The van der Waals surface area contributed by atoms with E-state index in [2.05, 4.69) is 10.3 Å². The molecule has 4 rings (SSSR count). The molecule has 0 saturated heterocycles. The lowest BCUT2D eigenvalue weighted by Gasteiger charge is -2.44. The maximum absolute atomic E-state index is 13.8. The first-order valence-corrected chi connectivity index (χ1v) is 10.7. The smallest absolute Gasteiger partial charge is 0.359 e. The van der Waals surface area contributed by atoms with Crippen LogP contribution in [0.25, 0.3) is 0 Å². The SMILES string of the molecule is COC(=O)c1ncn2c1C(=O)N(c1ccc(Cl)cc1C)C(C)(C(=O)NCc1ccccc1)C2. The number of esters is 1. The van der Waals surface area contributed by atoms with Gasteiger partial charge in [0.25, 0.3) is 5.91 Å². The van der Waals surface area contributed by atoms with Crippen LogP contribution >= 0.6 is 11.6 Å². The van der Waals surface area contributed by atoms with Crippen molar-refractivity contribution < 1.29 is 19.1 Å². The lowest BCUT2D eigenvalue weighted by Crippen LogP contribution is -2.64. The molecule has 0 aliphatic carbocycles. The van der Waals surface area contributed by atoms with E-state index in [-0.39, 0.29) is 23.8 Å². The van der Waals surface area contributed by atoms with Gasteiger partial charge in [0.2, 0.25) is 5.91 Å². The van der Waals surface area contributed by atoms with Crippen molar-refractivity contribution in [1.29, 1.82) is 0 Å². The van der Waals surface area contributed by atoms with Crippen LogP contribution in [0, 0.1) is 6.92 Å². The highest BCUT2D eigenvalue weighted by Crippen LogP contribution is 2.36. The van der Waals surface area contributed by atoms with Gasteiger partial charge < -0.3 is 14.6 Å². The quantitative estimate of drug-likeness (QED) is 0.582. The van der Waals surface area contributed by atoms with Gasteiger partial charge in [-0.25, -0.2) is 9.78 Å². The summed E-state index contributed by atoms with van der Waals surface area (Å²) in [4.78, 5) is 45.1. The Morgan fingerprint density at radius 1 is 1.21 bits per heavy atom. The molecule has 0 saturated carbocycles. The van der Waals surface area contributed by atoms with Crippen LogP contribution in [-0.4, -0.2) is 40.0 Å². The number of methoxy groups -OCH3 is 1. The molecule has 1 N–H and O–H groups in total. The molecular formula is C24H23ClN4O4. The number of rotatable bonds is 5. The molecule has 170 valence electrons. The number of carbonyl (C=O) groups excluding carboxylic acids is 3. The van der Waals surface area contributed by atoms with Crippen LogP contribution in [0.4, 0.5) is 5.69 Å². The molecule has 9 heteroatoms. The van der Waals surface area contributed by atoms with Crippen molar-refractivity contribution in [2.24, 2.45) is 0 Å². The molecule has 3 aromatic rings. The third-order valence-corrected chi connectivity index (χ3v) is 6.01. The van der Waals surface area contributed by atoms with Gasteiger partial charge >= 0.3 is 5.97 Å². The Kier molecular flexibility index (Phi) is 5.95. The Morgan fingerprint density at radius 3 is 2.61 bits per heavy atom. The van der Waals surface area contributed by atoms with Crippen molar-refractivity contribution in [3.63, 3.8) is 0 Å². The maximum Gasteiger partial charge on any atom is 0.359 e. The number of carbonyl (C=O) groups is 3. The normalized spacial score (nSPS) is 17.5. The molecule has 0 radical (unpaired) electrons. The second-order valence-corrected chi connectivity index (χ2v) is 8.51. The zero-order valence-electron chi connectivity index (χ0n) is 18.5. The van der Waals surface area contributed by atoms with Crippen LogP contribution in [0.3, 0.4) is 0 Å². The van der Waals surface area contributed by atoms with E-state index in [1.807, 2.05) is 37.3 Å². The van der Waals surface area contributed by atoms with Gasteiger partial charge in [0.05, 0.1) is 20.0 Å². The van der Waals surface area contributed by atoms with Gasteiger partial charge in [0, 0.05) is 17.3 Å². The number of nitrogens with one attached hydrogen (secondary N) is 1. The summed E-state index contributed by atoms with van der Waals surface area (Å²) in [5.41, 5.74) is 0.846. The maximum atomic E-state index is 13.8. The number of aryl methyl sites for hydroxylation is 1. The third-order valence-electron chi connectivity index (χ3n) is 5.78. The van der Waals surface area contributed by atoms with Gasteiger partial charge in [-0.1, -0.05) is 41.9 Å². The number of benzene rings is 2. The minimum absolute atomic E-state index is 0.0736. The standard InChI is InChI=1S/C24H23ClN4O4/c1-15-11-17(25)9-10-18(15)29-21(30)20-19(22(31)33-3)27-14-28(20)13-24(29,2)23(32)26-12-16-7-5-4-6-8-16/h4-11,14H,12-13H2,1-3H3,(H,26,32). The molecule has 0 spiro atoms. The largest absolute Gasteiger partial charge is 0.464 e. The van der Waals surface area contributed by atoms with E-state index in [1.54, 1.807) is 25.1 Å². The predicted molar refractivity (Wildman–Crippen MR) is 123 cm³/mol. The van der Waals surface area contributed by atoms with Crippen molar-refractivity contribution in [1.82, 2.24) is 14.9 Å². The van der Waals surface area contributed by atoms with E-state index in [0.29, 0.717) is 22.8 Å². The second-order valence-electron chi connectivity index (χ2n) is 8.07. The van der Waals surface area contributed by atoms with Crippen molar-refractivity contribution in [2.45, 2.75) is 32.5 Å². The van der Waals surface area contributed by atoms with E-state index >= 15 is 0 Å². The molecule has 2 heterocycles. The molecule has 8 nitrogen and oxygen atoms in total. The fourth-order valence-electron chi connectivity index (χ4n) is 4.09. The first kappa shape index (κ1) is 22.5. The van der Waals surface area contributed by atoms with E-state index in [9.17, 15) is 14.4 Å². The fraction of sp³-hybridized carbons (Fsp3) is 0.250. The summed E-state index contributed by atoms with van der Waals surface area (Å²) >= 11 is 6.13. The third kappa shape index (κ3) is 3.98. The van der Waals surface area contributed by atoms with Crippen molar-refractivity contribution in [3.8, 4) is 0 Å². The van der Waals surface area contributed by atoms with Crippen LogP contribution in [0.2, 0.25) is 5.02 Å². The number of aromatic nitrogens is 2. The van der Waals surface area contributed by atoms with Crippen LogP contribution in [0.1, 0.15) is 39.0 Å². The number of amides is 2. The molecule has 0 bridgehead atoms. The van der Waals surface area contributed by atoms with E-state index < -0.39 is 17.4 Å². The summed E-state index contributed by atoms with van der Waals surface area (Å²) in [6.07, 6.45) is 1.38. The second kappa shape index (κ2) is 8.71. The Bertz CT molecular complexity index is 1240. The number of fused-ring (bicyclic) bond motifs is 1.